The van der Waals surface area contributed by atoms with E-state index >= 15 is 0 Å². The molecule has 0 aromatic carbocycles. The van der Waals surface area contributed by atoms with E-state index in [1.54, 1.807) is 0 Å². The summed E-state index contributed by atoms with van der Waals surface area (Å²) in [5.41, 5.74) is 0.342. The van der Waals surface area contributed by atoms with Crippen molar-refractivity contribution in [2.45, 2.75) is 19.8 Å². The first kappa shape index (κ1) is 10.0. The Hall–Kier alpha value is -1.05. The maximum absolute atomic E-state index is 10.7. The van der Waals surface area contributed by atoms with E-state index in [9.17, 15) is 4.79 Å². The van der Waals surface area contributed by atoms with E-state index < -0.39 is 5.97 Å². The third-order valence-corrected chi connectivity index (χ3v) is 3.05. The zero-order valence-corrected chi connectivity index (χ0v) is 7.99. The van der Waals surface area contributed by atoms with E-state index in [-0.39, 0.29) is 5.92 Å². The summed E-state index contributed by atoms with van der Waals surface area (Å²) in [6, 6.07) is 0. The molecule has 0 unspecified atom stereocenters. The Morgan fingerprint density at radius 1 is 1.54 bits per heavy atom. The fourth-order valence-electron chi connectivity index (χ4n) is 2.19. The van der Waals surface area contributed by atoms with Crippen LogP contribution >= 0.6 is 0 Å². The molecule has 2 nitrogen and oxygen atoms in total. The van der Waals surface area contributed by atoms with Gasteiger partial charge in [-0.15, -0.1) is 6.58 Å². The maximum atomic E-state index is 10.7. The summed E-state index contributed by atoms with van der Waals surface area (Å²) < 4.78 is 0. The van der Waals surface area contributed by atoms with Crippen LogP contribution in [-0.2, 0) is 4.79 Å². The number of carboxylic acids is 1. The van der Waals surface area contributed by atoms with E-state index in [0.29, 0.717) is 17.4 Å². The highest BCUT2D eigenvalue weighted by Crippen LogP contribution is 2.40. The van der Waals surface area contributed by atoms with Crippen LogP contribution in [0.3, 0.4) is 0 Å². The topological polar surface area (TPSA) is 37.3 Å². The monoisotopic (exact) mass is 180 g/mol. The molecule has 1 aliphatic carbocycles. The van der Waals surface area contributed by atoms with Crippen LogP contribution in [0.25, 0.3) is 0 Å². The molecule has 1 N–H and O–H groups in total. The summed E-state index contributed by atoms with van der Waals surface area (Å²) in [6.07, 6.45) is 3.88. The second kappa shape index (κ2) is 3.77. The van der Waals surface area contributed by atoms with Gasteiger partial charge in [-0.25, -0.2) is 4.79 Å². The van der Waals surface area contributed by atoms with Gasteiger partial charge in [-0.3, -0.25) is 0 Å². The van der Waals surface area contributed by atoms with Gasteiger partial charge < -0.3 is 5.11 Å². The molecule has 0 radical (unpaired) electrons. The van der Waals surface area contributed by atoms with E-state index in [0.717, 1.165) is 12.8 Å². The maximum Gasteiger partial charge on any atom is 0.331 e. The van der Waals surface area contributed by atoms with Gasteiger partial charge in [-0.05, 0) is 30.6 Å². The zero-order chi connectivity index (χ0) is 10.0. The van der Waals surface area contributed by atoms with Gasteiger partial charge in [0.15, 0.2) is 0 Å². The molecule has 3 atom stereocenters. The van der Waals surface area contributed by atoms with E-state index in [2.05, 4.69) is 20.1 Å². The van der Waals surface area contributed by atoms with Crippen molar-refractivity contribution in [1.29, 1.82) is 0 Å². The van der Waals surface area contributed by atoms with Crippen molar-refractivity contribution in [3.63, 3.8) is 0 Å². The largest absolute Gasteiger partial charge is 0.478 e. The van der Waals surface area contributed by atoms with Gasteiger partial charge in [-0.1, -0.05) is 19.6 Å². The minimum atomic E-state index is -0.869. The second-order valence-electron chi connectivity index (χ2n) is 3.80. The van der Waals surface area contributed by atoms with Crippen LogP contribution in [-0.4, -0.2) is 11.1 Å². The summed E-state index contributed by atoms with van der Waals surface area (Å²) in [5, 5.41) is 8.81. The zero-order valence-electron chi connectivity index (χ0n) is 7.99. The lowest BCUT2D eigenvalue weighted by molar-refractivity contribution is -0.133. The molecule has 0 aliphatic heterocycles. The molecular weight excluding hydrogens is 164 g/mol. The van der Waals surface area contributed by atoms with E-state index in [4.69, 9.17) is 5.11 Å². The summed E-state index contributed by atoms with van der Waals surface area (Å²) in [6.45, 7) is 9.51. The van der Waals surface area contributed by atoms with Crippen LogP contribution in [0.2, 0.25) is 0 Å². The van der Waals surface area contributed by atoms with Crippen LogP contribution in [0.4, 0.5) is 0 Å². The Labute approximate surface area is 79.0 Å². The van der Waals surface area contributed by atoms with E-state index in [1.165, 1.54) is 0 Å². The molecule has 1 fully saturated rings. The van der Waals surface area contributed by atoms with Crippen molar-refractivity contribution < 1.29 is 9.90 Å². The molecule has 0 spiro atoms. The van der Waals surface area contributed by atoms with Crippen LogP contribution in [0, 0.1) is 17.8 Å². The molecule has 13 heavy (non-hydrogen) atoms. The average Bonchev–Trinajstić information content (AvgIpc) is 2.45. The minimum absolute atomic E-state index is 0.102. The smallest absolute Gasteiger partial charge is 0.331 e. The van der Waals surface area contributed by atoms with Gasteiger partial charge in [-0.2, -0.15) is 0 Å². The van der Waals surface area contributed by atoms with Crippen LogP contribution < -0.4 is 0 Å². The lowest BCUT2D eigenvalue weighted by Gasteiger charge is -2.18. The van der Waals surface area contributed by atoms with Gasteiger partial charge in [0.1, 0.15) is 0 Å². The standard InChI is InChI=1S/C11H16O2/c1-4-9-7(2)5-6-10(9)8(3)11(12)13/h4,7,9-10H,1,3,5-6H2,2H3,(H,12,13)/t7-,9+,10+/m0/s1. The Kier molecular flexibility index (Phi) is 2.91. The van der Waals surface area contributed by atoms with Gasteiger partial charge in [0, 0.05) is 5.57 Å². The predicted molar refractivity (Wildman–Crippen MR) is 52.4 cm³/mol. The highest BCUT2D eigenvalue weighted by atomic mass is 16.4. The number of carbonyl (C=O) groups is 1. The number of rotatable bonds is 3. The van der Waals surface area contributed by atoms with Gasteiger partial charge in [0.05, 0.1) is 0 Å². The molecule has 2 heteroatoms. The fraction of sp³-hybridized carbons (Fsp3) is 0.545. The van der Waals surface area contributed by atoms with Crippen molar-refractivity contribution in [3.05, 3.63) is 24.8 Å². The molecule has 72 valence electrons. The first-order valence-electron chi connectivity index (χ1n) is 4.62. The van der Waals surface area contributed by atoms with Gasteiger partial charge in [0.25, 0.3) is 0 Å². The Bertz CT molecular complexity index is 242. The first-order chi connectivity index (χ1) is 6.07. The first-order valence-corrected chi connectivity index (χ1v) is 4.62. The molecule has 0 aromatic rings. The van der Waals surface area contributed by atoms with E-state index in [1.807, 2.05) is 6.08 Å². The second-order valence-corrected chi connectivity index (χ2v) is 3.80. The third-order valence-electron chi connectivity index (χ3n) is 3.05. The summed E-state index contributed by atoms with van der Waals surface area (Å²) in [4.78, 5) is 10.7. The Morgan fingerprint density at radius 3 is 2.62 bits per heavy atom. The quantitative estimate of drug-likeness (QED) is 0.535. The van der Waals surface area contributed by atoms with Crippen LogP contribution in [0.5, 0.6) is 0 Å². The van der Waals surface area contributed by atoms with Gasteiger partial charge in [0.2, 0.25) is 0 Å². The fourth-order valence-corrected chi connectivity index (χ4v) is 2.19. The molecule has 0 bridgehead atoms. The lowest BCUT2D eigenvalue weighted by Crippen LogP contribution is -2.17. The molecule has 0 aromatic heterocycles. The lowest BCUT2D eigenvalue weighted by atomic mass is 9.86. The van der Waals surface area contributed by atoms with Crippen molar-refractivity contribution in [1.82, 2.24) is 0 Å². The molecule has 0 amide bonds. The SMILES string of the molecule is C=C[C@H]1[C@@H](C(=C)C(=O)O)CC[C@@H]1C. The van der Waals surface area contributed by atoms with Crippen molar-refractivity contribution >= 4 is 5.97 Å². The van der Waals surface area contributed by atoms with Crippen LogP contribution in [0.1, 0.15) is 19.8 Å². The highest BCUT2D eigenvalue weighted by Gasteiger charge is 2.34. The molecule has 0 saturated heterocycles. The number of allylic oxidation sites excluding steroid dienone is 1. The predicted octanol–water partition coefficient (Wildman–Crippen LogP) is 2.48. The third kappa shape index (κ3) is 1.82. The van der Waals surface area contributed by atoms with Crippen molar-refractivity contribution in [2.24, 2.45) is 17.8 Å². The average molecular weight is 180 g/mol. The minimum Gasteiger partial charge on any atom is -0.478 e. The Balaban J connectivity index is 2.76. The molecule has 1 saturated carbocycles. The van der Waals surface area contributed by atoms with Crippen molar-refractivity contribution in [2.75, 3.05) is 0 Å². The summed E-state index contributed by atoms with van der Waals surface area (Å²) >= 11 is 0. The molecule has 1 aliphatic rings. The molecular formula is C11H16O2. The highest BCUT2D eigenvalue weighted by molar-refractivity contribution is 5.86. The van der Waals surface area contributed by atoms with Crippen molar-refractivity contribution in [3.8, 4) is 0 Å². The van der Waals surface area contributed by atoms with Crippen LogP contribution in [0.15, 0.2) is 24.8 Å². The Morgan fingerprint density at radius 2 is 2.15 bits per heavy atom. The number of aliphatic carboxylic acids is 1. The number of hydrogen-bond acceptors (Lipinski definition) is 1. The molecule has 1 rings (SSSR count). The van der Waals surface area contributed by atoms with Gasteiger partial charge >= 0.3 is 5.97 Å². The molecule has 0 heterocycles. The normalized spacial score (nSPS) is 32.8. The number of carboxylic acid groups (broad SMARTS) is 1. The number of hydrogen-bond donors (Lipinski definition) is 1. The summed E-state index contributed by atoms with van der Waals surface area (Å²) in [7, 11) is 0. The summed E-state index contributed by atoms with van der Waals surface area (Å²) in [5.74, 6) is 0.0677.